The highest BCUT2D eigenvalue weighted by Gasteiger charge is 2.15. The van der Waals surface area contributed by atoms with E-state index < -0.39 is 0 Å². The van der Waals surface area contributed by atoms with E-state index in [-0.39, 0.29) is 12.5 Å². The van der Waals surface area contributed by atoms with Crippen LogP contribution in [0.15, 0.2) is 0 Å². The lowest BCUT2D eigenvalue weighted by Gasteiger charge is -2.21. The van der Waals surface area contributed by atoms with Gasteiger partial charge in [-0.2, -0.15) is 0 Å². The first kappa shape index (κ1) is 15.2. The maximum absolute atomic E-state index is 11.5. The number of aryl methyl sites for hydroxylation is 1. The molecule has 0 aromatic carbocycles. The Morgan fingerprint density at radius 1 is 1.32 bits per heavy atom. The molecule has 0 saturated heterocycles. The van der Waals surface area contributed by atoms with Gasteiger partial charge in [-0.1, -0.05) is 6.92 Å². The molecule has 6 heteroatoms. The number of nitrogens with one attached hydrogen (secondary N) is 2. The number of carbonyl (C=O) groups is 1. The predicted molar refractivity (Wildman–Crippen MR) is 77.6 cm³/mol. The predicted octanol–water partition coefficient (Wildman–Crippen LogP) is 0.961. The zero-order valence-electron chi connectivity index (χ0n) is 12.4. The smallest absolute Gasteiger partial charge is 0.239 e. The molecule has 0 fully saturated rings. The van der Waals surface area contributed by atoms with Crippen LogP contribution in [0.1, 0.15) is 25.2 Å². The number of nitrogens with zero attached hydrogens (tertiary/aromatic N) is 3. The Hall–Kier alpha value is -1.85. The van der Waals surface area contributed by atoms with Gasteiger partial charge < -0.3 is 15.5 Å². The van der Waals surface area contributed by atoms with Crippen LogP contribution < -0.4 is 15.5 Å². The van der Waals surface area contributed by atoms with Crippen LogP contribution >= 0.6 is 0 Å². The fourth-order valence-corrected chi connectivity index (χ4v) is 1.79. The summed E-state index contributed by atoms with van der Waals surface area (Å²) in [6.07, 6.45) is 0.763. The fourth-order valence-electron chi connectivity index (χ4n) is 1.79. The van der Waals surface area contributed by atoms with E-state index in [2.05, 4.69) is 20.6 Å². The summed E-state index contributed by atoms with van der Waals surface area (Å²) in [5.41, 5.74) is 0.963. The number of aromatic nitrogens is 2. The van der Waals surface area contributed by atoms with E-state index in [4.69, 9.17) is 0 Å². The van der Waals surface area contributed by atoms with Crippen LogP contribution in [0.3, 0.4) is 0 Å². The van der Waals surface area contributed by atoms with Crippen molar-refractivity contribution in [3.05, 3.63) is 11.4 Å². The van der Waals surface area contributed by atoms with Gasteiger partial charge >= 0.3 is 0 Å². The molecule has 0 atom stereocenters. The molecule has 0 unspecified atom stereocenters. The Morgan fingerprint density at radius 3 is 2.53 bits per heavy atom. The van der Waals surface area contributed by atoms with E-state index in [0.717, 1.165) is 36.0 Å². The molecule has 1 aromatic heterocycles. The van der Waals surface area contributed by atoms with Gasteiger partial charge in [0.2, 0.25) is 5.91 Å². The second kappa shape index (κ2) is 6.92. The Balaban J connectivity index is 3.10. The summed E-state index contributed by atoms with van der Waals surface area (Å²) in [5.74, 6) is 2.38. The highest BCUT2D eigenvalue weighted by atomic mass is 16.1. The van der Waals surface area contributed by atoms with Crippen LogP contribution in [0.25, 0.3) is 0 Å². The van der Waals surface area contributed by atoms with Crippen molar-refractivity contribution in [3.8, 4) is 0 Å². The average Bonchev–Trinajstić information content (AvgIpc) is 2.40. The van der Waals surface area contributed by atoms with Crippen molar-refractivity contribution >= 4 is 17.5 Å². The minimum atomic E-state index is -0.0384. The number of hydrogen-bond acceptors (Lipinski definition) is 5. The van der Waals surface area contributed by atoms with Crippen molar-refractivity contribution in [3.63, 3.8) is 0 Å². The summed E-state index contributed by atoms with van der Waals surface area (Å²) >= 11 is 0. The molecule has 1 heterocycles. The molecule has 106 valence electrons. The van der Waals surface area contributed by atoms with Gasteiger partial charge in [-0.05, 0) is 13.8 Å². The SMILES string of the molecule is CCNc1nc(CC)nc(N(C)CC(=O)NC)c1C. The van der Waals surface area contributed by atoms with Gasteiger partial charge in [0.15, 0.2) is 0 Å². The van der Waals surface area contributed by atoms with Gasteiger partial charge in [0, 0.05) is 32.6 Å². The number of rotatable bonds is 6. The highest BCUT2D eigenvalue weighted by Crippen LogP contribution is 2.22. The molecule has 0 spiro atoms. The van der Waals surface area contributed by atoms with Gasteiger partial charge in [-0.25, -0.2) is 9.97 Å². The van der Waals surface area contributed by atoms with Crippen molar-refractivity contribution < 1.29 is 4.79 Å². The van der Waals surface area contributed by atoms with E-state index >= 15 is 0 Å². The van der Waals surface area contributed by atoms with Gasteiger partial charge in [0.25, 0.3) is 0 Å². The number of carbonyl (C=O) groups excluding carboxylic acids is 1. The zero-order valence-corrected chi connectivity index (χ0v) is 12.4. The van der Waals surface area contributed by atoms with Crippen molar-refractivity contribution in [2.24, 2.45) is 0 Å². The Labute approximate surface area is 114 Å². The van der Waals surface area contributed by atoms with E-state index in [1.165, 1.54) is 0 Å². The van der Waals surface area contributed by atoms with Crippen molar-refractivity contribution in [1.29, 1.82) is 0 Å². The van der Waals surface area contributed by atoms with Crippen molar-refractivity contribution in [2.45, 2.75) is 27.2 Å². The molecule has 0 aliphatic rings. The third kappa shape index (κ3) is 3.81. The lowest BCUT2D eigenvalue weighted by molar-refractivity contribution is -0.119. The summed E-state index contributed by atoms with van der Waals surface area (Å²) in [7, 11) is 3.49. The van der Waals surface area contributed by atoms with Crippen molar-refractivity contribution in [2.75, 3.05) is 37.4 Å². The van der Waals surface area contributed by atoms with Crippen LogP contribution in [0.4, 0.5) is 11.6 Å². The number of anilines is 2. The van der Waals surface area contributed by atoms with Crippen molar-refractivity contribution in [1.82, 2.24) is 15.3 Å². The molecule has 0 aliphatic heterocycles. The fraction of sp³-hybridized carbons (Fsp3) is 0.615. The molecule has 6 nitrogen and oxygen atoms in total. The molecule has 0 radical (unpaired) electrons. The molecule has 1 aromatic rings. The van der Waals surface area contributed by atoms with E-state index in [1.807, 2.05) is 32.7 Å². The number of hydrogen-bond donors (Lipinski definition) is 2. The molecule has 1 rings (SSSR count). The molecular weight excluding hydrogens is 242 g/mol. The summed E-state index contributed by atoms with van der Waals surface area (Å²) in [6.45, 7) is 7.10. The molecule has 2 N–H and O–H groups in total. The highest BCUT2D eigenvalue weighted by molar-refractivity contribution is 5.81. The lowest BCUT2D eigenvalue weighted by atomic mass is 10.2. The standard InChI is InChI=1S/C13H23N5O/c1-6-10-16-12(15-7-2)9(3)13(17-10)18(5)8-11(19)14-4/h6-8H2,1-5H3,(H,14,19)(H,15,16,17). The first-order chi connectivity index (χ1) is 9.03. The molecule has 0 aliphatic carbocycles. The monoisotopic (exact) mass is 265 g/mol. The third-order valence-corrected chi connectivity index (χ3v) is 2.85. The molecule has 1 amide bonds. The van der Waals surface area contributed by atoms with Crippen LogP contribution in [0.5, 0.6) is 0 Å². The summed E-state index contributed by atoms with van der Waals surface area (Å²) < 4.78 is 0. The summed E-state index contributed by atoms with van der Waals surface area (Å²) in [4.78, 5) is 22.3. The Bertz CT molecular complexity index is 447. The zero-order chi connectivity index (χ0) is 14.4. The first-order valence-electron chi connectivity index (χ1n) is 6.56. The molecule has 0 bridgehead atoms. The summed E-state index contributed by atoms with van der Waals surface area (Å²) in [5, 5.41) is 5.85. The van der Waals surface area contributed by atoms with Crippen LogP contribution in [-0.2, 0) is 11.2 Å². The van der Waals surface area contributed by atoms with Gasteiger partial charge in [0.05, 0.1) is 6.54 Å². The molecule has 0 saturated carbocycles. The second-order valence-corrected chi connectivity index (χ2v) is 4.35. The van der Waals surface area contributed by atoms with Gasteiger partial charge in [0.1, 0.15) is 17.5 Å². The maximum Gasteiger partial charge on any atom is 0.239 e. The molecule has 19 heavy (non-hydrogen) atoms. The topological polar surface area (TPSA) is 70.2 Å². The number of amides is 1. The van der Waals surface area contributed by atoms with Gasteiger partial charge in [-0.15, -0.1) is 0 Å². The van der Waals surface area contributed by atoms with E-state index in [0.29, 0.717) is 0 Å². The molecular formula is C13H23N5O. The quantitative estimate of drug-likeness (QED) is 0.802. The summed E-state index contributed by atoms with van der Waals surface area (Å²) in [6, 6.07) is 0. The largest absolute Gasteiger partial charge is 0.370 e. The number of likely N-dealkylation sites (N-methyl/N-ethyl adjacent to an activating group) is 2. The van der Waals surface area contributed by atoms with Crippen LogP contribution in [0, 0.1) is 6.92 Å². The Kier molecular flexibility index (Phi) is 5.54. The van der Waals surface area contributed by atoms with Gasteiger partial charge in [-0.3, -0.25) is 4.79 Å². The minimum absolute atomic E-state index is 0.0384. The maximum atomic E-state index is 11.5. The third-order valence-electron chi connectivity index (χ3n) is 2.85. The lowest BCUT2D eigenvalue weighted by Crippen LogP contribution is -2.34. The second-order valence-electron chi connectivity index (χ2n) is 4.35. The average molecular weight is 265 g/mol. The normalized spacial score (nSPS) is 10.2. The van der Waals surface area contributed by atoms with Crippen LogP contribution in [-0.4, -0.2) is 43.1 Å². The Morgan fingerprint density at radius 2 is 2.00 bits per heavy atom. The first-order valence-corrected chi connectivity index (χ1v) is 6.56. The minimum Gasteiger partial charge on any atom is -0.370 e. The van der Waals surface area contributed by atoms with E-state index in [1.54, 1.807) is 7.05 Å². The van der Waals surface area contributed by atoms with E-state index in [9.17, 15) is 4.79 Å². The van der Waals surface area contributed by atoms with Crippen LogP contribution in [0.2, 0.25) is 0 Å².